The van der Waals surface area contributed by atoms with Crippen LogP contribution >= 0.6 is 0 Å². The van der Waals surface area contributed by atoms with Gasteiger partial charge in [0.25, 0.3) is 5.91 Å². The minimum absolute atomic E-state index is 0.181. The van der Waals surface area contributed by atoms with Gasteiger partial charge >= 0.3 is 5.97 Å². The minimum Gasteiger partial charge on any atom is -0.480 e. The molecule has 0 aliphatic rings. The Hall–Kier alpha value is -2.30. The van der Waals surface area contributed by atoms with Crippen LogP contribution in [0.2, 0.25) is 0 Å². The number of rotatable bonds is 4. The molecule has 1 aromatic carbocycles. The van der Waals surface area contributed by atoms with Gasteiger partial charge in [0.1, 0.15) is 11.7 Å². The van der Waals surface area contributed by atoms with E-state index < -0.39 is 17.9 Å². The third kappa shape index (κ3) is 3.07. The summed E-state index contributed by atoms with van der Waals surface area (Å²) in [6, 6.07) is 4.88. The van der Waals surface area contributed by atoms with E-state index in [4.69, 9.17) is 5.11 Å². The molecule has 5 nitrogen and oxygen atoms in total. The summed E-state index contributed by atoms with van der Waals surface area (Å²) in [5.41, 5.74) is 3.46. The van der Waals surface area contributed by atoms with E-state index in [1.165, 1.54) is 0 Å². The summed E-state index contributed by atoms with van der Waals surface area (Å²) in [6.07, 6.45) is 0. The fraction of sp³-hybridized carbons (Fsp3) is 0.375. The normalized spacial score (nSPS) is 12.6. The zero-order chi connectivity index (χ0) is 15.7. The number of benzene rings is 1. The molecule has 2 rings (SSSR count). The Labute approximate surface area is 123 Å². The van der Waals surface area contributed by atoms with Crippen molar-refractivity contribution >= 4 is 22.8 Å². The second kappa shape index (κ2) is 5.60. The van der Waals surface area contributed by atoms with E-state index in [1.54, 1.807) is 19.9 Å². The Morgan fingerprint density at radius 2 is 1.86 bits per heavy atom. The number of carboxylic acid groups (broad SMARTS) is 1. The molecule has 2 aromatic rings. The molecule has 0 saturated carbocycles. The highest BCUT2D eigenvalue weighted by Crippen LogP contribution is 2.21. The van der Waals surface area contributed by atoms with Gasteiger partial charge in [-0.2, -0.15) is 0 Å². The lowest BCUT2D eigenvalue weighted by molar-refractivity contribution is -0.140. The lowest BCUT2D eigenvalue weighted by atomic mass is 10.0. The Kier molecular flexibility index (Phi) is 4.02. The third-order valence-electron chi connectivity index (χ3n) is 3.55. The summed E-state index contributed by atoms with van der Waals surface area (Å²) in [5, 5.41) is 12.7. The van der Waals surface area contributed by atoms with Crippen molar-refractivity contribution in [1.82, 2.24) is 10.3 Å². The first-order chi connectivity index (χ1) is 9.79. The molecule has 1 atom stereocenters. The molecule has 0 aliphatic carbocycles. The number of carbonyl (C=O) groups excluding carboxylic acids is 1. The van der Waals surface area contributed by atoms with Gasteiger partial charge in [-0.3, -0.25) is 4.79 Å². The van der Waals surface area contributed by atoms with Crippen molar-refractivity contribution in [2.24, 2.45) is 5.92 Å². The van der Waals surface area contributed by atoms with Gasteiger partial charge in [0.15, 0.2) is 0 Å². The molecular formula is C16H20N2O3. The van der Waals surface area contributed by atoms with Crippen LogP contribution in [-0.4, -0.2) is 28.0 Å². The van der Waals surface area contributed by atoms with E-state index >= 15 is 0 Å². The maximum absolute atomic E-state index is 12.2. The molecule has 3 N–H and O–H groups in total. The van der Waals surface area contributed by atoms with Crippen LogP contribution in [0.25, 0.3) is 10.9 Å². The molecule has 0 bridgehead atoms. The predicted molar refractivity (Wildman–Crippen MR) is 81.5 cm³/mol. The second-order valence-electron chi connectivity index (χ2n) is 5.76. The van der Waals surface area contributed by atoms with Gasteiger partial charge in [0.2, 0.25) is 0 Å². The number of carboxylic acids is 1. The topological polar surface area (TPSA) is 82.2 Å². The molecule has 0 saturated heterocycles. The summed E-state index contributed by atoms with van der Waals surface area (Å²) in [6.45, 7) is 7.50. The predicted octanol–water partition coefficient (Wildman–Crippen LogP) is 2.62. The zero-order valence-electron chi connectivity index (χ0n) is 12.7. The van der Waals surface area contributed by atoms with Crippen LogP contribution in [0.1, 0.15) is 35.5 Å². The van der Waals surface area contributed by atoms with Crippen LogP contribution in [0.3, 0.4) is 0 Å². The number of carbonyl (C=O) groups is 2. The number of amides is 1. The summed E-state index contributed by atoms with van der Waals surface area (Å²) >= 11 is 0. The standard InChI is InChI=1S/C16H20N2O3/c1-8(2)14(16(20)21)18-15(19)13-7-11-10(4)5-9(3)6-12(11)17-13/h5-8,14,17H,1-4H3,(H,18,19)(H,20,21)/t14-/m0/s1. The van der Waals surface area contributed by atoms with Crippen LogP contribution in [-0.2, 0) is 4.79 Å². The number of hydrogen-bond acceptors (Lipinski definition) is 2. The van der Waals surface area contributed by atoms with Crippen LogP contribution in [0.15, 0.2) is 18.2 Å². The Bertz CT molecular complexity index is 701. The van der Waals surface area contributed by atoms with Gasteiger partial charge in [-0.15, -0.1) is 0 Å². The van der Waals surface area contributed by atoms with E-state index in [1.807, 2.05) is 26.0 Å². The fourth-order valence-electron chi connectivity index (χ4n) is 2.45. The summed E-state index contributed by atoms with van der Waals surface area (Å²) in [5.74, 6) is -1.61. The smallest absolute Gasteiger partial charge is 0.326 e. The highest BCUT2D eigenvalue weighted by molar-refractivity contribution is 6.00. The van der Waals surface area contributed by atoms with Gasteiger partial charge in [0.05, 0.1) is 0 Å². The van der Waals surface area contributed by atoms with Crippen LogP contribution < -0.4 is 5.32 Å². The van der Waals surface area contributed by atoms with Gasteiger partial charge in [-0.05, 0) is 43.0 Å². The maximum atomic E-state index is 12.2. The molecule has 1 amide bonds. The summed E-state index contributed by atoms with van der Waals surface area (Å²) in [4.78, 5) is 26.4. The van der Waals surface area contributed by atoms with Crippen LogP contribution in [0.4, 0.5) is 0 Å². The highest BCUT2D eigenvalue weighted by Gasteiger charge is 2.24. The molecule has 1 aromatic heterocycles. The number of nitrogens with one attached hydrogen (secondary N) is 2. The molecule has 0 fully saturated rings. The number of fused-ring (bicyclic) bond motifs is 1. The number of hydrogen-bond donors (Lipinski definition) is 3. The van der Waals surface area contributed by atoms with Crippen LogP contribution in [0, 0.1) is 19.8 Å². The number of aromatic amines is 1. The molecule has 0 aliphatic heterocycles. The molecule has 0 radical (unpaired) electrons. The molecule has 112 valence electrons. The van der Waals surface area contributed by atoms with Crippen molar-refractivity contribution < 1.29 is 14.7 Å². The first-order valence-corrected chi connectivity index (χ1v) is 6.93. The van der Waals surface area contributed by atoms with Crippen molar-refractivity contribution in [2.75, 3.05) is 0 Å². The van der Waals surface area contributed by atoms with Crippen molar-refractivity contribution in [3.63, 3.8) is 0 Å². The summed E-state index contributed by atoms with van der Waals surface area (Å²) < 4.78 is 0. The largest absolute Gasteiger partial charge is 0.480 e. The Morgan fingerprint density at radius 3 is 2.43 bits per heavy atom. The zero-order valence-corrected chi connectivity index (χ0v) is 12.7. The van der Waals surface area contributed by atoms with E-state index in [-0.39, 0.29) is 5.92 Å². The first-order valence-electron chi connectivity index (χ1n) is 6.93. The first kappa shape index (κ1) is 15.1. The third-order valence-corrected chi connectivity index (χ3v) is 3.55. The van der Waals surface area contributed by atoms with Crippen molar-refractivity contribution in [3.8, 4) is 0 Å². The molecule has 0 spiro atoms. The highest BCUT2D eigenvalue weighted by atomic mass is 16.4. The Morgan fingerprint density at radius 1 is 1.19 bits per heavy atom. The molecule has 5 heteroatoms. The average Bonchev–Trinajstić information content (AvgIpc) is 2.78. The molecular weight excluding hydrogens is 268 g/mol. The molecule has 0 unspecified atom stereocenters. The fourth-order valence-corrected chi connectivity index (χ4v) is 2.45. The maximum Gasteiger partial charge on any atom is 0.326 e. The van der Waals surface area contributed by atoms with Gasteiger partial charge in [-0.1, -0.05) is 19.9 Å². The minimum atomic E-state index is -1.03. The van der Waals surface area contributed by atoms with Crippen LogP contribution in [0.5, 0.6) is 0 Å². The van der Waals surface area contributed by atoms with Crippen molar-refractivity contribution in [2.45, 2.75) is 33.7 Å². The van der Waals surface area contributed by atoms with E-state index in [0.29, 0.717) is 5.69 Å². The Balaban J connectivity index is 2.31. The number of aryl methyl sites for hydroxylation is 2. The molecule has 21 heavy (non-hydrogen) atoms. The second-order valence-corrected chi connectivity index (χ2v) is 5.76. The van der Waals surface area contributed by atoms with Crippen molar-refractivity contribution in [3.05, 3.63) is 35.0 Å². The number of aliphatic carboxylic acids is 1. The van der Waals surface area contributed by atoms with E-state index in [0.717, 1.165) is 22.0 Å². The average molecular weight is 288 g/mol. The monoisotopic (exact) mass is 288 g/mol. The van der Waals surface area contributed by atoms with Gasteiger partial charge in [-0.25, -0.2) is 4.79 Å². The lowest BCUT2D eigenvalue weighted by Gasteiger charge is -2.17. The number of aromatic nitrogens is 1. The lowest BCUT2D eigenvalue weighted by Crippen LogP contribution is -2.44. The van der Waals surface area contributed by atoms with Gasteiger partial charge < -0.3 is 15.4 Å². The summed E-state index contributed by atoms with van der Waals surface area (Å²) in [7, 11) is 0. The van der Waals surface area contributed by atoms with E-state index in [9.17, 15) is 9.59 Å². The van der Waals surface area contributed by atoms with Gasteiger partial charge in [0, 0.05) is 10.9 Å². The molecule has 1 heterocycles. The quantitative estimate of drug-likeness (QED) is 0.808. The SMILES string of the molecule is Cc1cc(C)c2cc(C(=O)N[C@H](C(=O)O)C(C)C)[nH]c2c1. The van der Waals surface area contributed by atoms with E-state index in [2.05, 4.69) is 10.3 Å². The number of H-pyrrole nitrogens is 1. The van der Waals surface area contributed by atoms with Crippen molar-refractivity contribution in [1.29, 1.82) is 0 Å².